The predicted octanol–water partition coefficient (Wildman–Crippen LogP) is 3.99. The number of ether oxygens (including phenoxy) is 1. The highest BCUT2D eigenvalue weighted by Gasteiger charge is 2.23. The lowest BCUT2D eigenvalue weighted by Gasteiger charge is -2.31. The van der Waals surface area contributed by atoms with E-state index in [0.29, 0.717) is 0 Å². The fourth-order valence-corrected chi connectivity index (χ4v) is 4.17. The van der Waals surface area contributed by atoms with E-state index in [1.54, 1.807) is 10.8 Å². The maximum Gasteiger partial charge on any atom is 0.256 e. The van der Waals surface area contributed by atoms with Crippen LogP contribution in [0.5, 0.6) is 5.75 Å². The Kier molecular flexibility index (Phi) is 5.08. The van der Waals surface area contributed by atoms with Crippen LogP contribution in [-0.2, 0) is 13.1 Å². The highest BCUT2D eigenvalue weighted by molar-refractivity contribution is 5.86. The molecule has 1 saturated heterocycles. The zero-order valence-corrected chi connectivity index (χ0v) is 16.5. The second-order valence-electron chi connectivity index (χ2n) is 7.69. The SMILES string of the molecule is FC(F)Cn1ccc2c(OC3CCN(Cc4nnc5ccccn45)CC3)cccc21. The molecule has 30 heavy (non-hydrogen) atoms. The van der Waals surface area contributed by atoms with Crippen molar-refractivity contribution in [3.63, 3.8) is 0 Å². The van der Waals surface area contributed by atoms with Gasteiger partial charge in [-0.1, -0.05) is 12.1 Å². The first kappa shape index (κ1) is 19.0. The van der Waals surface area contributed by atoms with Crippen molar-refractivity contribution >= 4 is 16.6 Å². The number of rotatable bonds is 6. The molecule has 0 bridgehead atoms. The fraction of sp³-hybridized carbons (Fsp3) is 0.364. The Morgan fingerprint density at radius 1 is 1.00 bits per heavy atom. The summed E-state index contributed by atoms with van der Waals surface area (Å²) >= 11 is 0. The number of piperidine rings is 1. The number of aromatic nitrogens is 4. The number of nitrogens with zero attached hydrogens (tertiary/aromatic N) is 5. The van der Waals surface area contributed by atoms with Gasteiger partial charge in [0.2, 0.25) is 0 Å². The molecule has 1 aliphatic heterocycles. The first-order valence-electron chi connectivity index (χ1n) is 10.2. The topological polar surface area (TPSA) is 47.6 Å². The second kappa shape index (κ2) is 8.02. The molecule has 0 aliphatic carbocycles. The van der Waals surface area contributed by atoms with Gasteiger partial charge in [-0.15, -0.1) is 10.2 Å². The maximum atomic E-state index is 12.8. The Morgan fingerprint density at radius 3 is 2.70 bits per heavy atom. The minimum absolute atomic E-state index is 0.112. The van der Waals surface area contributed by atoms with E-state index in [0.717, 1.165) is 60.6 Å². The van der Waals surface area contributed by atoms with Crippen molar-refractivity contribution in [2.75, 3.05) is 13.1 Å². The van der Waals surface area contributed by atoms with Crippen molar-refractivity contribution in [3.8, 4) is 5.75 Å². The molecule has 0 saturated carbocycles. The molecule has 156 valence electrons. The van der Waals surface area contributed by atoms with E-state index < -0.39 is 6.43 Å². The van der Waals surface area contributed by atoms with Crippen LogP contribution in [0.15, 0.2) is 54.9 Å². The van der Waals surface area contributed by atoms with Gasteiger partial charge in [0.1, 0.15) is 11.9 Å². The summed E-state index contributed by atoms with van der Waals surface area (Å²) in [5, 5.41) is 9.42. The zero-order valence-electron chi connectivity index (χ0n) is 16.5. The third-order valence-corrected chi connectivity index (χ3v) is 5.69. The first-order valence-corrected chi connectivity index (χ1v) is 10.2. The molecule has 1 aromatic carbocycles. The lowest BCUT2D eigenvalue weighted by Crippen LogP contribution is -2.38. The maximum absolute atomic E-state index is 12.8. The fourth-order valence-electron chi connectivity index (χ4n) is 4.17. The lowest BCUT2D eigenvalue weighted by atomic mass is 10.1. The van der Waals surface area contributed by atoms with Crippen LogP contribution in [0.25, 0.3) is 16.6 Å². The highest BCUT2D eigenvalue weighted by Crippen LogP contribution is 2.29. The molecular formula is C22H23F2N5O. The molecule has 3 aromatic heterocycles. The Hall–Kier alpha value is -3.00. The quantitative estimate of drug-likeness (QED) is 0.481. The van der Waals surface area contributed by atoms with Crippen LogP contribution in [0.1, 0.15) is 18.7 Å². The van der Waals surface area contributed by atoms with Gasteiger partial charge in [0, 0.05) is 30.9 Å². The van der Waals surface area contributed by atoms with Crippen LogP contribution in [0.3, 0.4) is 0 Å². The standard InChI is InChI=1S/C22H23F2N5O/c23-20(24)14-28-13-9-17-18(28)4-3-5-19(17)30-16-7-11-27(12-8-16)15-22-26-25-21-6-1-2-10-29(21)22/h1-6,9-10,13,16,20H,7-8,11-12,14-15H2. The Balaban J connectivity index is 1.23. The molecular weight excluding hydrogens is 388 g/mol. The first-order chi connectivity index (χ1) is 14.7. The van der Waals surface area contributed by atoms with Crippen LogP contribution < -0.4 is 4.74 Å². The molecule has 1 aliphatic rings. The van der Waals surface area contributed by atoms with Gasteiger partial charge in [0.15, 0.2) is 11.5 Å². The van der Waals surface area contributed by atoms with Gasteiger partial charge in [0.05, 0.1) is 18.6 Å². The van der Waals surface area contributed by atoms with E-state index in [4.69, 9.17) is 4.74 Å². The molecule has 6 nitrogen and oxygen atoms in total. The summed E-state index contributed by atoms with van der Waals surface area (Å²) in [5.41, 5.74) is 1.64. The van der Waals surface area contributed by atoms with Crippen molar-refractivity contribution in [1.82, 2.24) is 24.1 Å². The molecule has 0 amide bonds. The minimum atomic E-state index is -2.38. The van der Waals surface area contributed by atoms with E-state index >= 15 is 0 Å². The third-order valence-electron chi connectivity index (χ3n) is 5.69. The summed E-state index contributed by atoms with van der Waals surface area (Å²) in [6, 6.07) is 13.4. The van der Waals surface area contributed by atoms with E-state index in [-0.39, 0.29) is 12.6 Å². The van der Waals surface area contributed by atoms with Crippen molar-refractivity contribution in [2.45, 2.75) is 38.5 Å². The van der Waals surface area contributed by atoms with Gasteiger partial charge in [-0.2, -0.15) is 0 Å². The number of benzene rings is 1. The number of likely N-dealkylation sites (tertiary alicyclic amines) is 1. The summed E-state index contributed by atoms with van der Waals surface area (Å²) in [6.45, 7) is 2.27. The highest BCUT2D eigenvalue weighted by atomic mass is 19.3. The van der Waals surface area contributed by atoms with Crippen LogP contribution in [0, 0.1) is 0 Å². The number of pyridine rings is 1. The van der Waals surface area contributed by atoms with Crippen molar-refractivity contribution in [2.24, 2.45) is 0 Å². The van der Waals surface area contributed by atoms with Crippen LogP contribution in [0.2, 0.25) is 0 Å². The minimum Gasteiger partial charge on any atom is -0.490 e. The largest absolute Gasteiger partial charge is 0.490 e. The monoisotopic (exact) mass is 411 g/mol. The molecule has 4 aromatic rings. The number of halogens is 2. The predicted molar refractivity (Wildman–Crippen MR) is 110 cm³/mol. The van der Waals surface area contributed by atoms with Gasteiger partial charge < -0.3 is 9.30 Å². The zero-order chi connectivity index (χ0) is 20.5. The van der Waals surface area contributed by atoms with Crippen LogP contribution >= 0.6 is 0 Å². The average molecular weight is 411 g/mol. The average Bonchev–Trinajstić information content (AvgIpc) is 3.34. The van der Waals surface area contributed by atoms with Crippen LogP contribution in [-0.4, -0.2) is 49.7 Å². The number of alkyl halides is 2. The van der Waals surface area contributed by atoms with Gasteiger partial charge in [-0.25, -0.2) is 8.78 Å². The molecule has 8 heteroatoms. The summed E-state index contributed by atoms with van der Waals surface area (Å²) in [6.07, 6.45) is 3.24. The van der Waals surface area contributed by atoms with Gasteiger partial charge in [-0.05, 0) is 43.2 Å². The van der Waals surface area contributed by atoms with Crippen molar-refractivity contribution < 1.29 is 13.5 Å². The van der Waals surface area contributed by atoms with Gasteiger partial charge in [-0.3, -0.25) is 9.30 Å². The van der Waals surface area contributed by atoms with Gasteiger partial charge in [0.25, 0.3) is 6.43 Å². The number of hydrogen-bond donors (Lipinski definition) is 0. The number of fused-ring (bicyclic) bond motifs is 2. The summed E-state index contributed by atoms with van der Waals surface area (Å²) in [7, 11) is 0. The van der Waals surface area contributed by atoms with E-state index in [1.165, 1.54) is 0 Å². The molecule has 5 rings (SSSR count). The molecule has 4 heterocycles. The molecule has 0 radical (unpaired) electrons. The molecule has 0 unspecified atom stereocenters. The molecule has 0 spiro atoms. The van der Waals surface area contributed by atoms with Gasteiger partial charge >= 0.3 is 0 Å². The smallest absolute Gasteiger partial charge is 0.256 e. The Labute approximate surface area is 172 Å². The molecule has 1 fully saturated rings. The Bertz CT molecular complexity index is 1150. The van der Waals surface area contributed by atoms with Crippen LogP contribution in [0.4, 0.5) is 8.78 Å². The molecule has 0 atom stereocenters. The lowest BCUT2D eigenvalue weighted by molar-refractivity contribution is 0.0963. The van der Waals surface area contributed by atoms with Crippen molar-refractivity contribution in [1.29, 1.82) is 0 Å². The van der Waals surface area contributed by atoms with E-state index in [2.05, 4.69) is 15.1 Å². The normalized spacial score (nSPS) is 16.1. The summed E-state index contributed by atoms with van der Waals surface area (Å²) in [4.78, 5) is 2.36. The van der Waals surface area contributed by atoms with E-state index in [9.17, 15) is 8.78 Å². The third kappa shape index (κ3) is 3.75. The van der Waals surface area contributed by atoms with E-state index in [1.807, 2.05) is 53.1 Å². The Morgan fingerprint density at radius 2 is 1.87 bits per heavy atom. The molecule has 0 N–H and O–H groups in total. The summed E-state index contributed by atoms with van der Waals surface area (Å²) < 4.78 is 35.5. The van der Waals surface area contributed by atoms with Crippen molar-refractivity contribution in [3.05, 3.63) is 60.7 Å². The summed E-state index contributed by atoms with van der Waals surface area (Å²) in [5.74, 6) is 1.71. The number of hydrogen-bond acceptors (Lipinski definition) is 4. The second-order valence-corrected chi connectivity index (χ2v) is 7.69.